The zero-order valence-electron chi connectivity index (χ0n) is 10.5. The Morgan fingerprint density at radius 3 is 2.65 bits per heavy atom. The molecule has 0 aliphatic rings. The number of benzene rings is 1. The van der Waals surface area contributed by atoms with Gasteiger partial charge >= 0.3 is 0 Å². The Bertz CT molecular complexity index is 721. The first-order valence-corrected chi connectivity index (χ1v) is 8.89. The van der Waals surface area contributed by atoms with Crippen molar-refractivity contribution in [2.75, 3.05) is 12.9 Å². The van der Waals surface area contributed by atoms with Gasteiger partial charge in [-0.2, -0.15) is 0 Å². The van der Waals surface area contributed by atoms with Gasteiger partial charge in [0.15, 0.2) is 15.6 Å². The third-order valence-corrected chi connectivity index (χ3v) is 6.32. The second kappa shape index (κ2) is 6.07. The van der Waals surface area contributed by atoms with Crippen molar-refractivity contribution < 1.29 is 17.9 Å². The van der Waals surface area contributed by atoms with Gasteiger partial charge in [0.1, 0.15) is 15.7 Å². The summed E-state index contributed by atoms with van der Waals surface area (Å²) in [5, 5.41) is 1.67. The summed E-state index contributed by atoms with van der Waals surface area (Å²) in [6.07, 6.45) is 0. The first-order valence-electron chi connectivity index (χ1n) is 5.57. The number of ketones is 1. The summed E-state index contributed by atoms with van der Waals surface area (Å²) in [6, 6.07) is 7.87. The van der Waals surface area contributed by atoms with Crippen molar-refractivity contribution in [1.82, 2.24) is 0 Å². The molecule has 1 aromatic heterocycles. The van der Waals surface area contributed by atoms with Crippen molar-refractivity contribution in [3.05, 3.63) is 45.7 Å². The van der Waals surface area contributed by atoms with E-state index in [1.165, 1.54) is 13.2 Å². The van der Waals surface area contributed by atoms with Crippen LogP contribution in [0.2, 0.25) is 0 Å². The van der Waals surface area contributed by atoms with Gasteiger partial charge in [0, 0.05) is 5.56 Å². The fraction of sp³-hybridized carbons (Fsp3) is 0.154. The maximum Gasteiger partial charge on any atom is 0.195 e. The van der Waals surface area contributed by atoms with Crippen LogP contribution in [0.1, 0.15) is 10.4 Å². The Morgan fingerprint density at radius 2 is 2.10 bits per heavy atom. The number of ether oxygens (including phenoxy) is 1. The smallest absolute Gasteiger partial charge is 0.195 e. The molecule has 0 unspecified atom stereocenters. The molecule has 0 atom stereocenters. The molecule has 0 aliphatic heterocycles. The molecule has 0 spiro atoms. The maximum atomic E-state index is 12.1. The van der Waals surface area contributed by atoms with Crippen molar-refractivity contribution in [2.45, 2.75) is 4.21 Å². The molecule has 4 nitrogen and oxygen atoms in total. The number of methoxy groups -OCH3 is 1. The Kier molecular flexibility index (Phi) is 4.62. The quantitative estimate of drug-likeness (QED) is 0.754. The molecule has 0 fully saturated rings. The summed E-state index contributed by atoms with van der Waals surface area (Å²) < 4.78 is 30.0. The van der Waals surface area contributed by atoms with Crippen molar-refractivity contribution in [1.29, 1.82) is 0 Å². The van der Waals surface area contributed by atoms with Gasteiger partial charge in [-0.1, -0.05) is 6.07 Å². The molecule has 7 heteroatoms. The van der Waals surface area contributed by atoms with E-state index in [2.05, 4.69) is 15.9 Å². The maximum absolute atomic E-state index is 12.1. The highest BCUT2D eigenvalue weighted by molar-refractivity contribution is 9.10. The molecule has 0 N–H and O–H groups in total. The largest absolute Gasteiger partial charge is 0.496 e. The van der Waals surface area contributed by atoms with Crippen LogP contribution in [0, 0.1) is 0 Å². The number of sulfone groups is 1. The number of hydrogen-bond acceptors (Lipinski definition) is 5. The lowest BCUT2D eigenvalue weighted by Gasteiger charge is -2.06. The number of carbonyl (C=O) groups excluding carboxylic acids is 1. The number of rotatable bonds is 5. The molecule has 20 heavy (non-hydrogen) atoms. The second-order valence-electron chi connectivity index (χ2n) is 3.96. The normalized spacial score (nSPS) is 11.3. The molecule has 2 rings (SSSR count). The molecular formula is C13H11BrO4S2. The van der Waals surface area contributed by atoms with E-state index in [4.69, 9.17) is 4.74 Å². The van der Waals surface area contributed by atoms with Gasteiger partial charge in [-0.15, -0.1) is 11.3 Å². The minimum absolute atomic E-state index is 0.207. The average Bonchev–Trinajstić information content (AvgIpc) is 2.92. The van der Waals surface area contributed by atoms with Gasteiger partial charge in [-0.05, 0) is 45.6 Å². The van der Waals surface area contributed by atoms with Gasteiger partial charge in [0.05, 0.1) is 11.6 Å². The van der Waals surface area contributed by atoms with Crippen molar-refractivity contribution in [3.63, 3.8) is 0 Å². The van der Waals surface area contributed by atoms with Crippen LogP contribution in [0.25, 0.3) is 0 Å². The highest BCUT2D eigenvalue weighted by Crippen LogP contribution is 2.26. The van der Waals surface area contributed by atoms with Crippen LogP contribution in [-0.4, -0.2) is 27.1 Å². The van der Waals surface area contributed by atoms with Crippen LogP contribution in [-0.2, 0) is 9.84 Å². The van der Waals surface area contributed by atoms with Crippen LogP contribution < -0.4 is 4.74 Å². The van der Waals surface area contributed by atoms with Gasteiger partial charge in [-0.3, -0.25) is 4.79 Å². The van der Waals surface area contributed by atoms with Crippen LogP contribution in [0.15, 0.2) is 44.4 Å². The minimum atomic E-state index is -3.57. The molecule has 0 amide bonds. The van der Waals surface area contributed by atoms with Crippen molar-refractivity contribution in [2.24, 2.45) is 0 Å². The van der Waals surface area contributed by atoms with E-state index < -0.39 is 21.4 Å². The lowest BCUT2D eigenvalue weighted by Crippen LogP contribution is -2.15. The van der Waals surface area contributed by atoms with Crippen LogP contribution in [0.5, 0.6) is 5.75 Å². The molecule has 1 heterocycles. The van der Waals surface area contributed by atoms with Gasteiger partial charge in [-0.25, -0.2) is 8.42 Å². The predicted octanol–water partition coefficient (Wildman–Crippen LogP) is 3.18. The SMILES string of the molecule is COc1ccc(C(=O)CS(=O)(=O)c2cccs2)cc1Br. The zero-order valence-corrected chi connectivity index (χ0v) is 13.7. The Hall–Kier alpha value is -1.18. The zero-order chi connectivity index (χ0) is 14.8. The minimum Gasteiger partial charge on any atom is -0.496 e. The van der Waals surface area contributed by atoms with E-state index in [-0.39, 0.29) is 4.21 Å². The van der Waals surface area contributed by atoms with Crippen LogP contribution in [0.4, 0.5) is 0 Å². The summed E-state index contributed by atoms with van der Waals surface area (Å²) in [7, 11) is -2.05. The average molecular weight is 375 g/mol. The molecule has 2 aromatic rings. The monoisotopic (exact) mass is 374 g/mol. The van der Waals surface area contributed by atoms with E-state index in [9.17, 15) is 13.2 Å². The standard InChI is InChI=1S/C13H11BrO4S2/c1-18-12-5-4-9(7-10(12)14)11(15)8-20(16,17)13-3-2-6-19-13/h2-7H,8H2,1H3. The summed E-state index contributed by atoms with van der Waals surface area (Å²) in [5.74, 6) is -0.392. The lowest BCUT2D eigenvalue weighted by atomic mass is 10.1. The number of hydrogen-bond donors (Lipinski definition) is 0. The van der Waals surface area contributed by atoms with Gasteiger partial charge in [0.2, 0.25) is 0 Å². The first-order chi connectivity index (χ1) is 9.44. The fourth-order valence-electron chi connectivity index (χ4n) is 1.61. The topological polar surface area (TPSA) is 60.4 Å². The Balaban J connectivity index is 2.23. The van der Waals surface area contributed by atoms with E-state index in [0.29, 0.717) is 15.8 Å². The highest BCUT2D eigenvalue weighted by Gasteiger charge is 2.21. The number of Topliss-reactive ketones (excluding diaryl/α,β-unsaturated/α-hetero) is 1. The van der Waals surface area contributed by atoms with Crippen LogP contribution in [0.3, 0.4) is 0 Å². The Morgan fingerprint density at radius 1 is 1.35 bits per heavy atom. The van der Waals surface area contributed by atoms with Crippen LogP contribution >= 0.6 is 27.3 Å². The van der Waals surface area contributed by atoms with Gasteiger partial charge in [0.25, 0.3) is 0 Å². The van der Waals surface area contributed by atoms with E-state index >= 15 is 0 Å². The molecule has 0 saturated heterocycles. The summed E-state index contributed by atoms with van der Waals surface area (Å²) in [5.41, 5.74) is 0.331. The second-order valence-corrected chi connectivity index (χ2v) is 7.98. The predicted molar refractivity (Wildman–Crippen MR) is 81.4 cm³/mol. The third-order valence-electron chi connectivity index (χ3n) is 2.60. The lowest BCUT2D eigenvalue weighted by molar-refractivity contribution is 0.102. The van der Waals surface area contributed by atoms with Gasteiger partial charge < -0.3 is 4.74 Å². The number of thiophene rings is 1. The van der Waals surface area contributed by atoms with E-state index in [1.807, 2.05) is 0 Å². The third kappa shape index (κ3) is 3.28. The summed E-state index contributed by atoms with van der Waals surface area (Å²) >= 11 is 4.38. The molecule has 0 aliphatic carbocycles. The van der Waals surface area contributed by atoms with E-state index in [0.717, 1.165) is 11.3 Å². The van der Waals surface area contributed by atoms with E-state index in [1.54, 1.807) is 29.6 Å². The molecule has 1 aromatic carbocycles. The molecule has 0 bridgehead atoms. The fourth-order valence-corrected chi connectivity index (χ4v) is 4.47. The Labute approximate surface area is 129 Å². The molecule has 0 saturated carbocycles. The van der Waals surface area contributed by atoms with Crippen molar-refractivity contribution in [3.8, 4) is 5.75 Å². The highest BCUT2D eigenvalue weighted by atomic mass is 79.9. The number of halogens is 1. The molecular weight excluding hydrogens is 364 g/mol. The van der Waals surface area contributed by atoms with Crippen molar-refractivity contribution >= 4 is 42.9 Å². The molecule has 0 radical (unpaired) electrons. The summed E-state index contributed by atoms with van der Waals surface area (Å²) in [6.45, 7) is 0. The number of carbonyl (C=O) groups is 1. The first kappa shape index (κ1) is 15.2. The molecule has 106 valence electrons. The summed E-state index contributed by atoms with van der Waals surface area (Å²) in [4.78, 5) is 12.1.